The molecule has 8 nitrogen and oxygen atoms in total. The number of rotatable bonds is 5. The number of aliphatic carboxylic acids is 2. The molecule has 0 radical (unpaired) electrons. The summed E-state index contributed by atoms with van der Waals surface area (Å²) >= 11 is 0. The third-order valence-electron chi connectivity index (χ3n) is 1.75. The van der Waals surface area contributed by atoms with Crippen molar-refractivity contribution in [2.24, 2.45) is 10.8 Å². The number of azide groups is 1. The van der Waals surface area contributed by atoms with Crippen LogP contribution in [0, 0.1) is 0 Å². The SMILES string of the molecule is N[C@@H](CCC(=O)O)C(=O)O.[N-]=[N+]=NC1CC1. The minimum atomic E-state index is -1.17. The Labute approximate surface area is 91.7 Å². The first kappa shape index (κ1) is 14.2. The summed E-state index contributed by atoms with van der Waals surface area (Å²) in [6, 6.07) is -0.703. The maximum absolute atomic E-state index is 9.99. The second kappa shape index (κ2) is 7.49. The summed E-state index contributed by atoms with van der Waals surface area (Å²) in [5.74, 6) is -2.20. The third-order valence-corrected chi connectivity index (χ3v) is 1.75. The number of carboxylic acids is 2. The van der Waals surface area contributed by atoms with Crippen LogP contribution in [0.15, 0.2) is 5.11 Å². The fourth-order valence-corrected chi connectivity index (χ4v) is 0.665. The van der Waals surface area contributed by atoms with Crippen LogP contribution < -0.4 is 5.73 Å². The van der Waals surface area contributed by atoms with Gasteiger partial charge in [-0.1, -0.05) is 5.11 Å². The predicted molar refractivity (Wildman–Crippen MR) is 54.6 cm³/mol. The van der Waals surface area contributed by atoms with Crippen molar-refractivity contribution >= 4 is 11.9 Å². The maximum atomic E-state index is 9.99. The van der Waals surface area contributed by atoms with E-state index in [1.54, 1.807) is 0 Å². The second-order valence-corrected chi connectivity index (χ2v) is 3.31. The van der Waals surface area contributed by atoms with Gasteiger partial charge in [-0.3, -0.25) is 9.59 Å². The molecule has 0 saturated heterocycles. The van der Waals surface area contributed by atoms with E-state index in [0.29, 0.717) is 6.04 Å². The number of nitrogens with zero attached hydrogens (tertiary/aromatic N) is 3. The molecule has 0 unspecified atom stereocenters. The number of nitrogens with two attached hydrogens (primary N) is 1. The molecule has 90 valence electrons. The predicted octanol–water partition coefficient (Wildman–Crippen LogP) is 0.722. The molecule has 0 aliphatic heterocycles. The normalized spacial score (nSPS) is 15.1. The summed E-state index contributed by atoms with van der Waals surface area (Å²) in [6.45, 7) is 0. The van der Waals surface area contributed by atoms with Gasteiger partial charge in [0.15, 0.2) is 0 Å². The van der Waals surface area contributed by atoms with Crippen LogP contribution in [-0.2, 0) is 9.59 Å². The lowest BCUT2D eigenvalue weighted by molar-refractivity contribution is -0.139. The Hall–Kier alpha value is -1.79. The Morgan fingerprint density at radius 3 is 2.31 bits per heavy atom. The van der Waals surface area contributed by atoms with Gasteiger partial charge in [-0.15, -0.1) is 0 Å². The highest BCUT2D eigenvalue weighted by Gasteiger charge is 2.18. The zero-order chi connectivity index (χ0) is 12.6. The Morgan fingerprint density at radius 1 is 1.50 bits per heavy atom. The van der Waals surface area contributed by atoms with Gasteiger partial charge in [0, 0.05) is 17.4 Å². The summed E-state index contributed by atoms with van der Waals surface area (Å²) in [5, 5.41) is 19.7. The minimum absolute atomic E-state index is 0.0231. The quantitative estimate of drug-likeness (QED) is 0.361. The summed E-state index contributed by atoms with van der Waals surface area (Å²) in [6.07, 6.45) is 1.98. The Kier molecular flexibility index (Phi) is 6.66. The fraction of sp³-hybridized carbons (Fsp3) is 0.750. The van der Waals surface area contributed by atoms with Crippen molar-refractivity contribution in [3.05, 3.63) is 10.4 Å². The molecule has 16 heavy (non-hydrogen) atoms. The van der Waals surface area contributed by atoms with Gasteiger partial charge in [0.25, 0.3) is 0 Å². The Morgan fingerprint density at radius 2 is 2.06 bits per heavy atom. The van der Waals surface area contributed by atoms with Gasteiger partial charge in [0.1, 0.15) is 6.04 Å². The number of hydrogen-bond donors (Lipinski definition) is 3. The molecule has 4 N–H and O–H groups in total. The molecule has 0 aromatic heterocycles. The van der Waals surface area contributed by atoms with E-state index in [0.717, 1.165) is 12.8 Å². The monoisotopic (exact) mass is 230 g/mol. The molecule has 1 rings (SSSR count). The van der Waals surface area contributed by atoms with Crippen molar-refractivity contribution < 1.29 is 19.8 Å². The van der Waals surface area contributed by atoms with E-state index in [1.165, 1.54) is 0 Å². The molecule has 8 heteroatoms. The van der Waals surface area contributed by atoms with E-state index in [1.807, 2.05) is 0 Å². The van der Waals surface area contributed by atoms with E-state index < -0.39 is 18.0 Å². The van der Waals surface area contributed by atoms with Crippen LogP contribution in [0.25, 0.3) is 10.4 Å². The Balaban J connectivity index is 0.000000315. The van der Waals surface area contributed by atoms with E-state index in [9.17, 15) is 9.59 Å². The molecular formula is C8H14N4O4. The van der Waals surface area contributed by atoms with Crippen molar-refractivity contribution in [1.82, 2.24) is 0 Å². The van der Waals surface area contributed by atoms with Crippen molar-refractivity contribution in [3.63, 3.8) is 0 Å². The molecule has 0 spiro atoms. The zero-order valence-electron chi connectivity index (χ0n) is 8.61. The molecule has 1 aliphatic carbocycles. The largest absolute Gasteiger partial charge is 0.481 e. The van der Waals surface area contributed by atoms with Crippen LogP contribution in [-0.4, -0.2) is 34.2 Å². The van der Waals surface area contributed by atoms with E-state index in [2.05, 4.69) is 10.0 Å². The summed E-state index contributed by atoms with van der Waals surface area (Å²) in [7, 11) is 0. The van der Waals surface area contributed by atoms with Gasteiger partial charge >= 0.3 is 11.9 Å². The highest BCUT2D eigenvalue weighted by atomic mass is 16.4. The molecule has 1 atom stereocenters. The van der Waals surface area contributed by atoms with Crippen LogP contribution in [0.4, 0.5) is 0 Å². The molecule has 0 aromatic rings. The van der Waals surface area contributed by atoms with E-state index in [-0.39, 0.29) is 12.8 Å². The highest BCUT2D eigenvalue weighted by molar-refractivity contribution is 5.74. The van der Waals surface area contributed by atoms with Gasteiger partial charge in [-0.25, -0.2) is 0 Å². The molecule has 1 saturated carbocycles. The van der Waals surface area contributed by atoms with Crippen molar-refractivity contribution in [2.45, 2.75) is 37.8 Å². The molecular weight excluding hydrogens is 216 g/mol. The summed E-state index contributed by atoms with van der Waals surface area (Å²) in [4.78, 5) is 22.5. The Bertz CT molecular complexity index is 296. The van der Waals surface area contributed by atoms with Gasteiger partial charge in [0.05, 0.1) is 0 Å². The topological polar surface area (TPSA) is 149 Å². The third kappa shape index (κ3) is 8.79. The standard InChI is InChI=1S/C5H9NO4.C3H5N3/c6-3(5(9)10)1-2-4(7)8;4-6-5-3-1-2-3/h3H,1-2,6H2,(H,7,8)(H,9,10);3H,1-2H2/t3-;/m0./s1. The number of carboxylic acid groups (broad SMARTS) is 2. The van der Waals surface area contributed by atoms with Crippen LogP contribution in [0.3, 0.4) is 0 Å². The first-order valence-corrected chi connectivity index (χ1v) is 4.71. The van der Waals surface area contributed by atoms with Crippen molar-refractivity contribution in [1.29, 1.82) is 0 Å². The van der Waals surface area contributed by atoms with E-state index in [4.69, 9.17) is 21.5 Å². The first-order valence-electron chi connectivity index (χ1n) is 4.71. The highest BCUT2D eigenvalue weighted by Crippen LogP contribution is 2.22. The van der Waals surface area contributed by atoms with Crippen molar-refractivity contribution in [2.75, 3.05) is 0 Å². The average Bonchev–Trinajstić information content (AvgIpc) is 2.99. The molecule has 0 bridgehead atoms. The lowest BCUT2D eigenvalue weighted by Crippen LogP contribution is -2.30. The summed E-state index contributed by atoms with van der Waals surface area (Å²) in [5.41, 5.74) is 12.7. The van der Waals surface area contributed by atoms with Crippen LogP contribution >= 0.6 is 0 Å². The van der Waals surface area contributed by atoms with Crippen LogP contribution in [0.5, 0.6) is 0 Å². The molecule has 0 heterocycles. The second-order valence-electron chi connectivity index (χ2n) is 3.31. The van der Waals surface area contributed by atoms with Gasteiger partial charge < -0.3 is 15.9 Å². The lowest BCUT2D eigenvalue weighted by Gasteiger charge is -2.01. The van der Waals surface area contributed by atoms with E-state index >= 15 is 0 Å². The summed E-state index contributed by atoms with van der Waals surface area (Å²) < 4.78 is 0. The number of hydrogen-bond acceptors (Lipinski definition) is 4. The molecule has 0 amide bonds. The average molecular weight is 230 g/mol. The van der Waals surface area contributed by atoms with Crippen LogP contribution in [0.2, 0.25) is 0 Å². The number of carbonyl (C=O) groups is 2. The lowest BCUT2D eigenvalue weighted by atomic mass is 10.2. The van der Waals surface area contributed by atoms with Gasteiger partial charge in [0.2, 0.25) is 0 Å². The zero-order valence-corrected chi connectivity index (χ0v) is 8.61. The smallest absolute Gasteiger partial charge is 0.320 e. The van der Waals surface area contributed by atoms with Crippen LogP contribution in [0.1, 0.15) is 25.7 Å². The van der Waals surface area contributed by atoms with Gasteiger partial charge in [-0.2, -0.15) is 0 Å². The maximum Gasteiger partial charge on any atom is 0.320 e. The molecule has 1 aliphatic rings. The molecule has 1 fully saturated rings. The fourth-order valence-electron chi connectivity index (χ4n) is 0.665. The minimum Gasteiger partial charge on any atom is -0.481 e. The first-order chi connectivity index (χ1) is 7.47. The van der Waals surface area contributed by atoms with Crippen molar-refractivity contribution in [3.8, 4) is 0 Å². The molecule has 0 aromatic carbocycles. The van der Waals surface area contributed by atoms with Gasteiger partial charge in [-0.05, 0) is 24.8 Å².